The molecule has 174 valence electrons. The predicted molar refractivity (Wildman–Crippen MR) is 127 cm³/mol. The number of fused-ring (bicyclic) bond motifs is 1. The number of halogens is 1. The van der Waals surface area contributed by atoms with Gasteiger partial charge < -0.3 is 14.8 Å². The molecule has 0 aliphatic rings. The van der Waals surface area contributed by atoms with Gasteiger partial charge in [0.2, 0.25) is 5.88 Å². The van der Waals surface area contributed by atoms with Gasteiger partial charge in [0.25, 0.3) is 0 Å². The number of carbonyl (C=O) groups is 1. The minimum Gasteiger partial charge on any atom is -0.477 e. The smallest absolute Gasteiger partial charge is 0.354 e. The number of benzene rings is 2. The maximum atomic E-state index is 14.1. The van der Waals surface area contributed by atoms with Crippen molar-refractivity contribution in [3.05, 3.63) is 101 Å². The molecule has 0 fully saturated rings. The van der Waals surface area contributed by atoms with Gasteiger partial charge in [-0.15, -0.1) is 0 Å². The lowest BCUT2D eigenvalue weighted by atomic mass is 10.1. The second-order valence-electron chi connectivity index (χ2n) is 8.03. The van der Waals surface area contributed by atoms with Crippen molar-refractivity contribution in [2.75, 3.05) is 0 Å². The highest BCUT2D eigenvalue weighted by Gasteiger charge is 2.11. The zero-order chi connectivity index (χ0) is 24.4. The standard InChI is InChI=1S/C26H20FN5O3/c1-15-2-5-18(19(27)12-15)14-35-23-10-11-28-24(32-23)17-6-3-16(4-7-17)13-22-29-20-8-9-21(26(33)34)30-25(20)31-22/h2-12H,13-14H2,1H3,(H,33,34)(H,29,30,31). The number of ether oxygens (including phenoxy) is 1. The van der Waals surface area contributed by atoms with E-state index in [1.54, 1.807) is 24.4 Å². The van der Waals surface area contributed by atoms with E-state index in [4.69, 9.17) is 9.84 Å². The molecule has 0 aliphatic heterocycles. The van der Waals surface area contributed by atoms with Crippen molar-refractivity contribution in [3.63, 3.8) is 0 Å². The molecule has 0 unspecified atom stereocenters. The van der Waals surface area contributed by atoms with Gasteiger partial charge in [-0.2, -0.15) is 4.98 Å². The van der Waals surface area contributed by atoms with Crippen molar-refractivity contribution in [3.8, 4) is 17.3 Å². The Morgan fingerprint density at radius 2 is 1.86 bits per heavy atom. The number of H-pyrrole nitrogens is 1. The number of rotatable bonds is 7. The molecule has 0 radical (unpaired) electrons. The Kier molecular flexibility index (Phi) is 5.88. The number of hydrogen-bond acceptors (Lipinski definition) is 6. The molecule has 0 bridgehead atoms. The molecule has 0 aliphatic carbocycles. The molecule has 0 spiro atoms. The molecule has 2 aromatic carbocycles. The van der Waals surface area contributed by atoms with Crippen LogP contribution in [0.5, 0.6) is 5.88 Å². The van der Waals surface area contributed by atoms with Crippen molar-refractivity contribution < 1.29 is 19.0 Å². The van der Waals surface area contributed by atoms with Crippen LogP contribution in [0.25, 0.3) is 22.6 Å². The molecule has 9 heteroatoms. The lowest BCUT2D eigenvalue weighted by molar-refractivity contribution is 0.0691. The Bertz CT molecular complexity index is 1530. The summed E-state index contributed by atoms with van der Waals surface area (Å²) in [5.74, 6) is 0.134. The Morgan fingerprint density at radius 1 is 1.03 bits per heavy atom. The summed E-state index contributed by atoms with van der Waals surface area (Å²) in [6.07, 6.45) is 2.12. The third-order valence-corrected chi connectivity index (χ3v) is 5.41. The number of pyridine rings is 1. The quantitative estimate of drug-likeness (QED) is 0.354. The van der Waals surface area contributed by atoms with Crippen LogP contribution in [0.15, 0.2) is 66.9 Å². The average Bonchev–Trinajstić information content (AvgIpc) is 3.25. The normalized spacial score (nSPS) is 11.0. The minimum absolute atomic E-state index is 0.0349. The maximum Gasteiger partial charge on any atom is 0.354 e. The topological polar surface area (TPSA) is 114 Å². The fourth-order valence-corrected chi connectivity index (χ4v) is 3.59. The first-order valence-corrected chi connectivity index (χ1v) is 10.8. The van der Waals surface area contributed by atoms with Gasteiger partial charge in [-0.3, -0.25) is 0 Å². The summed E-state index contributed by atoms with van der Waals surface area (Å²) in [5, 5.41) is 9.10. The largest absolute Gasteiger partial charge is 0.477 e. The summed E-state index contributed by atoms with van der Waals surface area (Å²) in [6.45, 7) is 1.91. The van der Waals surface area contributed by atoms with E-state index in [2.05, 4.69) is 24.9 Å². The zero-order valence-electron chi connectivity index (χ0n) is 18.7. The number of hydrogen-bond donors (Lipinski definition) is 2. The molecule has 35 heavy (non-hydrogen) atoms. The van der Waals surface area contributed by atoms with Gasteiger partial charge in [-0.1, -0.05) is 36.4 Å². The van der Waals surface area contributed by atoms with E-state index in [1.165, 1.54) is 12.1 Å². The lowest BCUT2D eigenvalue weighted by Crippen LogP contribution is -2.01. The van der Waals surface area contributed by atoms with Gasteiger partial charge in [0, 0.05) is 29.8 Å². The minimum atomic E-state index is -1.09. The van der Waals surface area contributed by atoms with E-state index in [0.717, 1.165) is 16.7 Å². The molecule has 0 amide bonds. The van der Waals surface area contributed by atoms with Gasteiger partial charge in [0.15, 0.2) is 17.2 Å². The first-order chi connectivity index (χ1) is 16.9. The van der Waals surface area contributed by atoms with Gasteiger partial charge in [-0.25, -0.2) is 24.1 Å². The van der Waals surface area contributed by atoms with Crippen LogP contribution in [0.2, 0.25) is 0 Å². The molecule has 3 aromatic heterocycles. The van der Waals surface area contributed by atoms with Crippen LogP contribution >= 0.6 is 0 Å². The summed E-state index contributed by atoms with van der Waals surface area (Å²) in [4.78, 5) is 31.5. The molecule has 5 aromatic rings. The maximum absolute atomic E-state index is 14.1. The van der Waals surface area contributed by atoms with Crippen LogP contribution in [0.3, 0.4) is 0 Å². The van der Waals surface area contributed by atoms with Crippen molar-refractivity contribution >= 4 is 17.1 Å². The highest BCUT2D eigenvalue weighted by Crippen LogP contribution is 2.21. The van der Waals surface area contributed by atoms with Crippen LogP contribution < -0.4 is 4.74 Å². The molecule has 2 N–H and O–H groups in total. The highest BCUT2D eigenvalue weighted by molar-refractivity contribution is 5.88. The van der Waals surface area contributed by atoms with Gasteiger partial charge in [0.05, 0.1) is 0 Å². The summed E-state index contributed by atoms with van der Waals surface area (Å²) in [6, 6.07) is 17.4. The summed E-state index contributed by atoms with van der Waals surface area (Å²) >= 11 is 0. The molecule has 0 saturated carbocycles. The van der Waals surface area contributed by atoms with Crippen molar-refractivity contribution in [1.29, 1.82) is 0 Å². The van der Waals surface area contributed by atoms with Gasteiger partial charge in [-0.05, 0) is 36.2 Å². The fraction of sp³-hybridized carbons (Fsp3) is 0.115. The van der Waals surface area contributed by atoms with Gasteiger partial charge >= 0.3 is 5.97 Å². The highest BCUT2D eigenvalue weighted by atomic mass is 19.1. The van der Waals surface area contributed by atoms with E-state index >= 15 is 0 Å². The van der Waals surface area contributed by atoms with E-state index in [1.807, 2.05) is 37.3 Å². The fourth-order valence-electron chi connectivity index (χ4n) is 3.59. The Balaban J connectivity index is 1.28. The molecular formula is C26H20FN5O3. The summed E-state index contributed by atoms with van der Waals surface area (Å²) < 4.78 is 19.7. The lowest BCUT2D eigenvalue weighted by Gasteiger charge is -2.08. The first-order valence-electron chi connectivity index (χ1n) is 10.8. The molecule has 8 nitrogen and oxygen atoms in total. The van der Waals surface area contributed by atoms with E-state index in [-0.39, 0.29) is 18.1 Å². The van der Waals surface area contributed by atoms with Crippen LogP contribution in [0, 0.1) is 12.7 Å². The summed E-state index contributed by atoms with van der Waals surface area (Å²) in [7, 11) is 0. The van der Waals surface area contributed by atoms with E-state index < -0.39 is 5.97 Å². The van der Waals surface area contributed by atoms with Crippen molar-refractivity contribution in [1.82, 2.24) is 24.9 Å². The molecular weight excluding hydrogens is 449 g/mol. The Morgan fingerprint density at radius 3 is 2.63 bits per heavy atom. The number of nitrogens with zero attached hydrogens (tertiary/aromatic N) is 4. The second kappa shape index (κ2) is 9.30. The monoisotopic (exact) mass is 469 g/mol. The number of carboxylic acid groups (broad SMARTS) is 1. The van der Waals surface area contributed by atoms with Crippen LogP contribution in [0.4, 0.5) is 4.39 Å². The van der Waals surface area contributed by atoms with Crippen LogP contribution in [-0.4, -0.2) is 36.0 Å². The number of aryl methyl sites for hydroxylation is 1. The predicted octanol–water partition coefficient (Wildman–Crippen LogP) is 4.73. The Labute approximate surface area is 199 Å². The molecule has 0 atom stereocenters. The van der Waals surface area contributed by atoms with Crippen molar-refractivity contribution in [2.45, 2.75) is 20.0 Å². The van der Waals surface area contributed by atoms with Crippen molar-refractivity contribution in [2.24, 2.45) is 0 Å². The molecule has 5 rings (SSSR count). The third-order valence-electron chi connectivity index (χ3n) is 5.41. The molecule has 3 heterocycles. The average molecular weight is 469 g/mol. The second-order valence-corrected chi connectivity index (χ2v) is 8.03. The number of nitrogens with one attached hydrogen (secondary N) is 1. The van der Waals surface area contributed by atoms with Crippen LogP contribution in [0.1, 0.15) is 33.0 Å². The third kappa shape index (κ3) is 4.98. The number of aromatic amines is 1. The number of carboxylic acids is 1. The van der Waals surface area contributed by atoms with E-state index in [9.17, 15) is 9.18 Å². The molecule has 0 saturated heterocycles. The SMILES string of the molecule is Cc1ccc(COc2ccnc(-c3ccc(Cc4nc5ccc(C(=O)O)nc5[nH]4)cc3)n2)c(F)c1. The first kappa shape index (κ1) is 22.1. The Hall–Kier alpha value is -4.66. The zero-order valence-corrected chi connectivity index (χ0v) is 18.7. The van der Waals surface area contributed by atoms with E-state index in [0.29, 0.717) is 40.7 Å². The number of aromatic carboxylic acids is 1. The van der Waals surface area contributed by atoms with Crippen LogP contribution in [-0.2, 0) is 13.0 Å². The number of imidazole rings is 1. The summed E-state index contributed by atoms with van der Waals surface area (Å²) in [5.41, 5.74) is 4.12. The van der Waals surface area contributed by atoms with Gasteiger partial charge in [0.1, 0.15) is 23.8 Å². The number of aromatic nitrogens is 5.